The van der Waals surface area contributed by atoms with Crippen LogP contribution in [-0.4, -0.2) is 31.0 Å². The van der Waals surface area contributed by atoms with Gasteiger partial charge in [0.15, 0.2) is 0 Å². The lowest BCUT2D eigenvalue weighted by atomic mass is 10.1. The minimum Gasteiger partial charge on any atom is -0.384 e. The third-order valence-corrected chi connectivity index (χ3v) is 3.19. The van der Waals surface area contributed by atoms with Gasteiger partial charge in [0.1, 0.15) is 0 Å². The van der Waals surface area contributed by atoms with Crippen LogP contribution in [0.5, 0.6) is 0 Å². The summed E-state index contributed by atoms with van der Waals surface area (Å²) < 4.78 is 0. The van der Waals surface area contributed by atoms with Crippen molar-refractivity contribution in [1.29, 1.82) is 0 Å². The lowest BCUT2D eigenvalue weighted by Gasteiger charge is -2.12. The number of hydrogen-bond donors (Lipinski definition) is 2. The summed E-state index contributed by atoms with van der Waals surface area (Å²) in [5, 5.41) is 6.24. The van der Waals surface area contributed by atoms with Crippen LogP contribution in [0.1, 0.15) is 29.3 Å². The third-order valence-electron chi connectivity index (χ3n) is 2.58. The highest BCUT2D eigenvalue weighted by Crippen LogP contribution is 2.17. The molecular formula is C14H22N2OS. The minimum atomic E-state index is 0.00588. The van der Waals surface area contributed by atoms with Gasteiger partial charge in [-0.1, -0.05) is 18.6 Å². The molecule has 1 aromatic rings. The van der Waals surface area contributed by atoms with Crippen molar-refractivity contribution in [2.75, 3.05) is 30.4 Å². The molecule has 0 radical (unpaired) electrons. The fourth-order valence-electron chi connectivity index (χ4n) is 1.62. The van der Waals surface area contributed by atoms with Crippen molar-refractivity contribution >= 4 is 23.4 Å². The van der Waals surface area contributed by atoms with Crippen LogP contribution in [0.4, 0.5) is 5.69 Å². The van der Waals surface area contributed by atoms with Gasteiger partial charge in [-0.15, -0.1) is 0 Å². The topological polar surface area (TPSA) is 41.1 Å². The molecule has 3 nitrogen and oxygen atoms in total. The van der Waals surface area contributed by atoms with Gasteiger partial charge in [-0.3, -0.25) is 4.79 Å². The number of carbonyl (C=O) groups is 1. The van der Waals surface area contributed by atoms with Gasteiger partial charge in [0.2, 0.25) is 0 Å². The maximum Gasteiger partial charge on any atom is 0.253 e. The molecule has 2 N–H and O–H groups in total. The standard InChI is InChI=1S/C14H22N2OS/c1-4-7-15-13-6-5-11(2)10-12(13)14(17)16-8-9-18-3/h5-6,10,15H,4,7-9H2,1-3H3,(H,16,17). The molecule has 0 heterocycles. The van der Waals surface area contributed by atoms with Crippen LogP contribution in [-0.2, 0) is 0 Å². The van der Waals surface area contributed by atoms with Gasteiger partial charge in [-0.2, -0.15) is 11.8 Å². The van der Waals surface area contributed by atoms with Crippen LogP contribution in [0.2, 0.25) is 0 Å². The summed E-state index contributed by atoms with van der Waals surface area (Å²) in [4.78, 5) is 12.1. The lowest BCUT2D eigenvalue weighted by molar-refractivity contribution is 0.0957. The van der Waals surface area contributed by atoms with Crippen molar-refractivity contribution < 1.29 is 4.79 Å². The zero-order valence-corrected chi connectivity index (χ0v) is 12.2. The Morgan fingerprint density at radius 3 is 2.78 bits per heavy atom. The highest BCUT2D eigenvalue weighted by atomic mass is 32.2. The average Bonchev–Trinajstić information content (AvgIpc) is 2.37. The molecule has 0 bridgehead atoms. The van der Waals surface area contributed by atoms with E-state index in [0.717, 1.165) is 35.5 Å². The summed E-state index contributed by atoms with van der Waals surface area (Å²) in [5.41, 5.74) is 2.76. The van der Waals surface area contributed by atoms with Gasteiger partial charge in [0, 0.05) is 24.5 Å². The molecule has 18 heavy (non-hydrogen) atoms. The first-order chi connectivity index (χ1) is 8.69. The average molecular weight is 266 g/mol. The van der Waals surface area contributed by atoms with E-state index in [-0.39, 0.29) is 5.91 Å². The van der Waals surface area contributed by atoms with E-state index in [1.807, 2.05) is 31.4 Å². The van der Waals surface area contributed by atoms with Crippen molar-refractivity contribution in [2.45, 2.75) is 20.3 Å². The second-order valence-corrected chi connectivity index (χ2v) is 5.21. The predicted molar refractivity (Wildman–Crippen MR) is 80.7 cm³/mol. The van der Waals surface area contributed by atoms with E-state index in [9.17, 15) is 4.79 Å². The highest BCUT2D eigenvalue weighted by Gasteiger charge is 2.10. The van der Waals surface area contributed by atoms with Crippen molar-refractivity contribution in [3.8, 4) is 0 Å². The number of benzene rings is 1. The van der Waals surface area contributed by atoms with Crippen LogP contribution in [0, 0.1) is 6.92 Å². The molecule has 0 unspecified atom stereocenters. The summed E-state index contributed by atoms with van der Waals surface area (Å²) in [6.45, 7) is 5.71. The number of thioether (sulfide) groups is 1. The monoisotopic (exact) mass is 266 g/mol. The molecule has 4 heteroatoms. The summed E-state index contributed by atoms with van der Waals surface area (Å²) in [7, 11) is 0. The van der Waals surface area contributed by atoms with Crippen molar-refractivity contribution in [3.63, 3.8) is 0 Å². The third kappa shape index (κ3) is 4.61. The Morgan fingerprint density at radius 1 is 1.33 bits per heavy atom. The molecule has 0 aromatic heterocycles. The maximum atomic E-state index is 12.1. The Balaban J connectivity index is 2.76. The van der Waals surface area contributed by atoms with Gasteiger partial charge in [-0.25, -0.2) is 0 Å². The fourth-order valence-corrected chi connectivity index (χ4v) is 1.93. The summed E-state index contributed by atoms with van der Waals surface area (Å²) in [6.07, 6.45) is 3.08. The van der Waals surface area contributed by atoms with Gasteiger partial charge in [0.05, 0.1) is 5.56 Å². The second kappa shape index (κ2) is 8.03. The minimum absolute atomic E-state index is 0.00588. The van der Waals surface area contributed by atoms with E-state index >= 15 is 0 Å². The van der Waals surface area contributed by atoms with E-state index in [4.69, 9.17) is 0 Å². The zero-order valence-electron chi connectivity index (χ0n) is 11.4. The lowest BCUT2D eigenvalue weighted by Crippen LogP contribution is -2.26. The molecule has 0 aliphatic carbocycles. The molecule has 0 spiro atoms. The molecule has 0 saturated heterocycles. The maximum absolute atomic E-state index is 12.1. The van der Waals surface area contributed by atoms with Crippen LogP contribution in [0.3, 0.4) is 0 Å². The Morgan fingerprint density at radius 2 is 2.11 bits per heavy atom. The van der Waals surface area contributed by atoms with Crippen LogP contribution in [0.15, 0.2) is 18.2 Å². The quantitative estimate of drug-likeness (QED) is 0.746. The van der Waals surface area contributed by atoms with Crippen LogP contribution >= 0.6 is 11.8 Å². The van der Waals surface area contributed by atoms with Crippen molar-refractivity contribution in [1.82, 2.24) is 5.32 Å². The molecule has 0 fully saturated rings. The Hall–Kier alpha value is -1.16. The molecular weight excluding hydrogens is 244 g/mol. The SMILES string of the molecule is CCCNc1ccc(C)cc1C(=O)NCCSC. The van der Waals surface area contributed by atoms with E-state index < -0.39 is 0 Å². The number of rotatable bonds is 7. The van der Waals surface area contributed by atoms with E-state index in [0.29, 0.717) is 6.54 Å². The molecule has 0 saturated carbocycles. The van der Waals surface area contributed by atoms with Gasteiger partial charge < -0.3 is 10.6 Å². The number of hydrogen-bond acceptors (Lipinski definition) is 3. The zero-order chi connectivity index (χ0) is 13.4. The number of amides is 1. The first-order valence-corrected chi connectivity index (χ1v) is 7.70. The van der Waals surface area contributed by atoms with Gasteiger partial charge in [-0.05, 0) is 31.7 Å². The number of anilines is 1. The fraction of sp³-hybridized carbons (Fsp3) is 0.500. The Labute approximate surface area is 114 Å². The first kappa shape index (κ1) is 14.9. The molecule has 100 valence electrons. The largest absolute Gasteiger partial charge is 0.384 e. The van der Waals surface area contributed by atoms with Crippen LogP contribution < -0.4 is 10.6 Å². The Bertz CT molecular complexity index is 393. The molecule has 1 rings (SSSR count). The second-order valence-electron chi connectivity index (χ2n) is 4.22. The normalized spacial score (nSPS) is 10.2. The van der Waals surface area contributed by atoms with Crippen LogP contribution in [0.25, 0.3) is 0 Å². The molecule has 1 amide bonds. The van der Waals surface area contributed by atoms with E-state index in [2.05, 4.69) is 17.6 Å². The molecule has 1 aromatic carbocycles. The van der Waals surface area contributed by atoms with Gasteiger partial charge in [0.25, 0.3) is 5.91 Å². The highest BCUT2D eigenvalue weighted by molar-refractivity contribution is 7.98. The summed E-state index contributed by atoms with van der Waals surface area (Å²) >= 11 is 1.73. The predicted octanol–water partition coefficient (Wildman–Crippen LogP) is 2.91. The number of aryl methyl sites for hydroxylation is 1. The van der Waals surface area contributed by atoms with E-state index in [1.165, 1.54) is 0 Å². The number of carbonyl (C=O) groups excluding carboxylic acids is 1. The van der Waals surface area contributed by atoms with Crippen molar-refractivity contribution in [3.05, 3.63) is 29.3 Å². The summed E-state index contributed by atoms with van der Waals surface area (Å²) in [6, 6.07) is 5.94. The number of nitrogens with one attached hydrogen (secondary N) is 2. The molecule has 0 atom stereocenters. The smallest absolute Gasteiger partial charge is 0.253 e. The van der Waals surface area contributed by atoms with Gasteiger partial charge >= 0.3 is 0 Å². The molecule has 0 aliphatic heterocycles. The van der Waals surface area contributed by atoms with Crippen molar-refractivity contribution in [2.24, 2.45) is 0 Å². The molecule has 0 aliphatic rings. The first-order valence-electron chi connectivity index (χ1n) is 6.30. The Kier molecular flexibility index (Phi) is 6.65. The summed E-state index contributed by atoms with van der Waals surface area (Å²) in [5.74, 6) is 0.946. The van der Waals surface area contributed by atoms with E-state index in [1.54, 1.807) is 11.8 Å².